The molecule has 0 saturated heterocycles. The van der Waals surface area contributed by atoms with Gasteiger partial charge in [-0.25, -0.2) is 4.39 Å². The van der Waals surface area contributed by atoms with E-state index in [-0.39, 0.29) is 16.7 Å². The Morgan fingerprint density at radius 1 is 1.41 bits per heavy atom. The summed E-state index contributed by atoms with van der Waals surface area (Å²) in [5, 5.41) is -0.0317. The second kappa shape index (κ2) is 5.18. The fourth-order valence-electron chi connectivity index (χ4n) is 2.59. The van der Waals surface area contributed by atoms with Crippen molar-refractivity contribution in [3.8, 4) is 0 Å². The van der Waals surface area contributed by atoms with Gasteiger partial charge in [-0.15, -0.1) is 0 Å². The van der Waals surface area contributed by atoms with E-state index in [4.69, 9.17) is 11.6 Å². The molecule has 0 aromatic heterocycles. The van der Waals surface area contributed by atoms with Gasteiger partial charge in [0.1, 0.15) is 5.82 Å². The van der Waals surface area contributed by atoms with Gasteiger partial charge in [0.25, 0.3) is 0 Å². The predicted octanol–water partition coefficient (Wildman–Crippen LogP) is 4.49. The third-order valence-electron chi connectivity index (χ3n) is 3.52. The Kier molecular flexibility index (Phi) is 3.82. The summed E-state index contributed by atoms with van der Waals surface area (Å²) in [7, 11) is 0. The lowest BCUT2D eigenvalue weighted by Gasteiger charge is -2.25. The predicted molar refractivity (Wildman–Crippen MR) is 66.9 cm³/mol. The number of halogens is 2. The van der Waals surface area contributed by atoms with E-state index in [9.17, 15) is 9.18 Å². The average molecular weight is 255 g/mol. The summed E-state index contributed by atoms with van der Waals surface area (Å²) in [6, 6.07) is 4.44. The van der Waals surface area contributed by atoms with E-state index in [0.29, 0.717) is 11.5 Å². The highest BCUT2D eigenvalue weighted by Gasteiger charge is 2.27. The summed E-state index contributed by atoms with van der Waals surface area (Å²) < 4.78 is 13.3. The third kappa shape index (κ3) is 2.68. The lowest BCUT2D eigenvalue weighted by atomic mass is 9.79. The van der Waals surface area contributed by atoms with Crippen molar-refractivity contribution >= 4 is 17.4 Å². The smallest absolute Gasteiger partial charge is 0.167 e. The summed E-state index contributed by atoms with van der Waals surface area (Å²) in [5.74, 6) is 0.0745. The summed E-state index contributed by atoms with van der Waals surface area (Å²) in [5.41, 5.74) is 0.339. The van der Waals surface area contributed by atoms with Gasteiger partial charge in [-0.2, -0.15) is 0 Å². The van der Waals surface area contributed by atoms with E-state index in [0.717, 1.165) is 19.3 Å². The number of carbonyl (C=O) groups is 1. The maximum atomic E-state index is 13.3. The zero-order valence-electron chi connectivity index (χ0n) is 9.88. The normalized spacial score (nSPS) is 24.6. The summed E-state index contributed by atoms with van der Waals surface area (Å²) in [6.45, 7) is 2.16. The van der Waals surface area contributed by atoms with Crippen LogP contribution in [0.4, 0.5) is 4.39 Å². The van der Waals surface area contributed by atoms with Gasteiger partial charge in [-0.05, 0) is 30.9 Å². The minimum absolute atomic E-state index is 0.000972. The molecule has 0 radical (unpaired) electrons. The zero-order valence-corrected chi connectivity index (χ0v) is 10.6. The molecule has 1 aromatic rings. The van der Waals surface area contributed by atoms with Crippen molar-refractivity contribution in [2.75, 3.05) is 0 Å². The molecule has 92 valence electrons. The quantitative estimate of drug-likeness (QED) is 0.711. The molecule has 2 rings (SSSR count). The van der Waals surface area contributed by atoms with E-state index in [2.05, 4.69) is 6.92 Å². The molecule has 2 unspecified atom stereocenters. The zero-order chi connectivity index (χ0) is 12.4. The molecule has 0 bridgehead atoms. The van der Waals surface area contributed by atoms with Crippen LogP contribution < -0.4 is 0 Å². The highest BCUT2D eigenvalue weighted by atomic mass is 35.5. The van der Waals surface area contributed by atoms with Crippen LogP contribution >= 0.6 is 11.6 Å². The van der Waals surface area contributed by atoms with Crippen LogP contribution in [-0.4, -0.2) is 5.78 Å². The van der Waals surface area contributed by atoms with Crippen LogP contribution in [-0.2, 0) is 0 Å². The van der Waals surface area contributed by atoms with Gasteiger partial charge in [-0.1, -0.05) is 37.4 Å². The first kappa shape index (κ1) is 12.6. The molecule has 1 aromatic carbocycles. The number of ketones is 1. The molecule has 0 N–H and O–H groups in total. The first-order valence-electron chi connectivity index (χ1n) is 6.08. The first-order chi connectivity index (χ1) is 8.09. The number of rotatable bonds is 2. The van der Waals surface area contributed by atoms with Crippen LogP contribution in [0.2, 0.25) is 5.02 Å². The lowest BCUT2D eigenvalue weighted by molar-refractivity contribution is 0.0868. The highest BCUT2D eigenvalue weighted by Crippen LogP contribution is 2.33. The topological polar surface area (TPSA) is 17.1 Å². The summed E-state index contributed by atoms with van der Waals surface area (Å²) >= 11 is 5.85. The lowest BCUT2D eigenvalue weighted by Crippen LogP contribution is -2.22. The highest BCUT2D eigenvalue weighted by molar-refractivity contribution is 6.34. The van der Waals surface area contributed by atoms with Crippen LogP contribution in [0.3, 0.4) is 0 Å². The number of carbonyl (C=O) groups excluding carboxylic acids is 1. The SMILES string of the molecule is CC1CCCC(C(=O)c2cccc(F)c2Cl)C1. The molecule has 1 fully saturated rings. The van der Waals surface area contributed by atoms with Crippen molar-refractivity contribution in [3.05, 3.63) is 34.6 Å². The molecule has 1 aliphatic rings. The molecule has 1 aliphatic carbocycles. The molecule has 0 aliphatic heterocycles. The summed E-state index contributed by atoms with van der Waals surface area (Å²) in [6.07, 6.45) is 4.05. The number of benzene rings is 1. The van der Waals surface area contributed by atoms with Crippen LogP contribution in [0.15, 0.2) is 18.2 Å². The Balaban J connectivity index is 2.22. The second-order valence-corrected chi connectivity index (χ2v) is 5.31. The van der Waals surface area contributed by atoms with Crippen molar-refractivity contribution in [3.63, 3.8) is 0 Å². The van der Waals surface area contributed by atoms with Crippen LogP contribution in [0.1, 0.15) is 43.0 Å². The number of hydrogen-bond donors (Lipinski definition) is 0. The van der Waals surface area contributed by atoms with Crippen molar-refractivity contribution in [1.29, 1.82) is 0 Å². The van der Waals surface area contributed by atoms with Crippen molar-refractivity contribution in [2.45, 2.75) is 32.6 Å². The molecule has 17 heavy (non-hydrogen) atoms. The van der Waals surface area contributed by atoms with E-state index in [1.165, 1.54) is 12.5 Å². The van der Waals surface area contributed by atoms with Gasteiger partial charge in [0.05, 0.1) is 5.02 Å². The molecule has 1 nitrogen and oxygen atoms in total. The van der Waals surface area contributed by atoms with E-state index in [1.807, 2.05) is 0 Å². The van der Waals surface area contributed by atoms with Crippen LogP contribution in [0.25, 0.3) is 0 Å². The molecular formula is C14H16ClFO. The third-order valence-corrected chi connectivity index (χ3v) is 3.91. The van der Waals surface area contributed by atoms with Gasteiger partial charge in [0.2, 0.25) is 0 Å². The Labute approximate surface area is 106 Å². The Hall–Kier alpha value is -0.890. The second-order valence-electron chi connectivity index (χ2n) is 4.93. The molecule has 3 heteroatoms. The molecule has 0 heterocycles. The van der Waals surface area contributed by atoms with Gasteiger partial charge in [0, 0.05) is 11.5 Å². The first-order valence-corrected chi connectivity index (χ1v) is 6.45. The number of hydrogen-bond acceptors (Lipinski definition) is 1. The standard InChI is InChI=1S/C14H16ClFO/c1-9-4-2-5-10(8-9)14(17)11-6-3-7-12(16)13(11)15/h3,6-7,9-10H,2,4-5,8H2,1H3. The minimum atomic E-state index is -0.513. The average Bonchev–Trinajstić information content (AvgIpc) is 2.32. The minimum Gasteiger partial charge on any atom is -0.294 e. The Morgan fingerprint density at radius 3 is 2.88 bits per heavy atom. The fourth-order valence-corrected chi connectivity index (χ4v) is 2.81. The van der Waals surface area contributed by atoms with Crippen LogP contribution in [0.5, 0.6) is 0 Å². The maximum Gasteiger partial charge on any atom is 0.167 e. The van der Waals surface area contributed by atoms with Crippen LogP contribution in [0, 0.1) is 17.7 Å². The molecular weight excluding hydrogens is 239 g/mol. The molecule has 2 atom stereocenters. The van der Waals surface area contributed by atoms with Gasteiger partial charge in [0.15, 0.2) is 5.78 Å². The van der Waals surface area contributed by atoms with E-state index < -0.39 is 5.82 Å². The van der Waals surface area contributed by atoms with Gasteiger partial charge >= 0.3 is 0 Å². The van der Waals surface area contributed by atoms with Crippen molar-refractivity contribution in [2.24, 2.45) is 11.8 Å². The van der Waals surface area contributed by atoms with Crippen molar-refractivity contribution in [1.82, 2.24) is 0 Å². The summed E-state index contributed by atoms with van der Waals surface area (Å²) in [4.78, 5) is 12.3. The molecule has 1 saturated carbocycles. The Bertz CT molecular complexity index is 430. The monoisotopic (exact) mass is 254 g/mol. The molecule has 0 spiro atoms. The fraction of sp³-hybridized carbons (Fsp3) is 0.500. The largest absolute Gasteiger partial charge is 0.294 e. The van der Waals surface area contributed by atoms with Gasteiger partial charge < -0.3 is 0 Å². The Morgan fingerprint density at radius 2 is 2.18 bits per heavy atom. The maximum absolute atomic E-state index is 13.3. The van der Waals surface area contributed by atoms with Crippen molar-refractivity contribution < 1.29 is 9.18 Å². The van der Waals surface area contributed by atoms with Gasteiger partial charge in [-0.3, -0.25) is 4.79 Å². The van der Waals surface area contributed by atoms with E-state index in [1.54, 1.807) is 12.1 Å². The number of Topliss-reactive ketones (excluding diaryl/α,β-unsaturated/α-hetero) is 1. The van der Waals surface area contributed by atoms with E-state index >= 15 is 0 Å². The molecule has 0 amide bonds.